The van der Waals surface area contributed by atoms with Crippen molar-refractivity contribution in [1.82, 2.24) is 10.6 Å². The third kappa shape index (κ3) is 5.79. The highest BCUT2D eigenvalue weighted by atomic mass is 35.5. The Labute approximate surface area is 165 Å². The van der Waals surface area contributed by atoms with Crippen molar-refractivity contribution in [2.75, 3.05) is 13.1 Å². The Morgan fingerprint density at radius 2 is 1.08 bits per heavy atom. The van der Waals surface area contributed by atoms with E-state index in [0.717, 1.165) is 0 Å². The quantitative estimate of drug-likeness (QED) is 0.657. The van der Waals surface area contributed by atoms with Gasteiger partial charge < -0.3 is 10.6 Å². The van der Waals surface area contributed by atoms with Crippen LogP contribution in [0.25, 0.3) is 0 Å². The van der Waals surface area contributed by atoms with Gasteiger partial charge in [0.05, 0.1) is 20.1 Å². The van der Waals surface area contributed by atoms with Crippen LogP contribution < -0.4 is 10.6 Å². The number of amides is 2. The Balaban J connectivity index is 1.73. The number of carbonyl (C=O) groups is 2. The zero-order valence-electron chi connectivity index (χ0n) is 12.9. The van der Waals surface area contributed by atoms with E-state index in [-0.39, 0.29) is 11.8 Å². The van der Waals surface area contributed by atoms with E-state index in [1.165, 1.54) is 12.1 Å². The van der Waals surface area contributed by atoms with Crippen LogP contribution in [0.1, 0.15) is 27.1 Å². The number of benzene rings is 2. The van der Waals surface area contributed by atoms with Crippen molar-refractivity contribution >= 4 is 58.2 Å². The average Bonchev–Trinajstić information content (AvgIpc) is 2.59. The number of rotatable bonds is 6. The third-order valence-corrected chi connectivity index (χ3v) is 4.77. The molecule has 0 radical (unpaired) electrons. The van der Waals surface area contributed by atoms with Gasteiger partial charge in [-0.1, -0.05) is 46.4 Å². The smallest absolute Gasteiger partial charge is 0.251 e. The first-order valence-corrected chi connectivity index (χ1v) is 8.86. The first-order chi connectivity index (χ1) is 11.9. The normalized spacial score (nSPS) is 10.4. The first-order valence-electron chi connectivity index (χ1n) is 7.35. The van der Waals surface area contributed by atoms with E-state index >= 15 is 0 Å². The van der Waals surface area contributed by atoms with Gasteiger partial charge in [0, 0.05) is 24.2 Å². The maximum absolute atomic E-state index is 12.0. The van der Waals surface area contributed by atoms with E-state index in [1.807, 2.05) is 0 Å². The number of carbonyl (C=O) groups excluding carboxylic acids is 2. The predicted molar refractivity (Wildman–Crippen MR) is 102 cm³/mol. The first kappa shape index (κ1) is 19.9. The molecule has 0 aliphatic heterocycles. The van der Waals surface area contributed by atoms with Crippen molar-refractivity contribution in [2.24, 2.45) is 0 Å². The Kier molecular flexibility index (Phi) is 7.38. The molecule has 8 heteroatoms. The number of hydrogen-bond donors (Lipinski definition) is 2. The summed E-state index contributed by atoms with van der Waals surface area (Å²) in [5, 5.41) is 6.92. The molecule has 0 atom stereocenters. The molecule has 0 heterocycles. The van der Waals surface area contributed by atoms with Crippen LogP contribution in [0.2, 0.25) is 20.1 Å². The van der Waals surface area contributed by atoms with E-state index in [4.69, 9.17) is 46.4 Å². The highest BCUT2D eigenvalue weighted by molar-refractivity contribution is 6.42. The highest BCUT2D eigenvalue weighted by Crippen LogP contribution is 2.23. The van der Waals surface area contributed by atoms with Crippen molar-refractivity contribution in [2.45, 2.75) is 6.42 Å². The fourth-order valence-electron chi connectivity index (χ4n) is 1.97. The summed E-state index contributed by atoms with van der Waals surface area (Å²) in [6.45, 7) is 0.807. The molecule has 2 amide bonds. The monoisotopic (exact) mass is 418 g/mol. The lowest BCUT2D eigenvalue weighted by atomic mass is 10.2. The SMILES string of the molecule is O=C(NCCCNC(=O)c1ccc(Cl)c(Cl)c1)c1ccc(Cl)c(Cl)c1. The molecule has 132 valence electrons. The number of nitrogens with one attached hydrogen (secondary N) is 2. The van der Waals surface area contributed by atoms with Crippen LogP contribution in [0.3, 0.4) is 0 Å². The van der Waals surface area contributed by atoms with Gasteiger partial charge in [-0.2, -0.15) is 0 Å². The molecular formula is C17H14Cl4N2O2. The molecular weight excluding hydrogens is 406 g/mol. The molecule has 2 aromatic carbocycles. The molecule has 0 aromatic heterocycles. The number of halogens is 4. The minimum Gasteiger partial charge on any atom is -0.352 e. The molecule has 0 saturated heterocycles. The second-order valence-electron chi connectivity index (χ2n) is 5.12. The highest BCUT2D eigenvalue weighted by Gasteiger charge is 2.09. The van der Waals surface area contributed by atoms with Crippen molar-refractivity contribution in [3.05, 3.63) is 67.6 Å². The average molecular weight is 420 g/mol. The fraction of sp³-hybridized carbons (Fsp3) is 0.176. The van der Waals surface area contributed by atoms with Crippen molar-refractivity contribution in [1.29, 1.82) is 0 Å². The molecule has 4 nitrogen and oxygen atoms in total. The van der Waals surface area contributed by atoms with Gasteiger partial charge in [0.2, 0.25) is 0 Å². The second-order valence-corrected chi connectivity index (χ2v) is 6.75. The van der Waals surface area contributed by atoms with E-state index in [0.29, 0.717) is 50.7 Å². The van der Waals surface area contributed by atoms with Gasteiger partial charge in [-0.05, 0) is 42.8 Å². The van der Waals surface area contributed by atoms with Crippen molar-refractivity contribution < 1.29 is 9.59 Å². The lowest BCUT2D eigenvalue weighted by Crippen LogP contribution is -2.29. The summed E-state index contributed by atoms with van der Waals surface area (Å²) < 4.78 is 0. The topological polar surface area (TPSA) is 58.2 Å². The van der Waals surface area contributed by atoms with Gasteiger partial charge >= 0.3 is 0 Å². The Hall–Kier alpha value is -1.46. The van der Waals surface area contributed by atoms with Crippen molar-refractivity contribution in [3.63, 3.8) is 0 Å². The van der Waals surface area contributed by atoms with Gasteiger partial charge in [0.15, 0.2) is 0 Å². The Morgan fingerprint density at radius 3 is 1.44 bits per heavy atom. The lowest BCUT2D eigenvalue weighted by Gasteiger charge is -2.08. The van der Waals surface area contributed by atoms with Gasteiger partial charge in [0.25, 0.3) is 11.8 Å². The molecule has 0 spiro atoms. The minimum absolute atomic E-state index is 0.255. The van der Waals surface area contributed by atoms with Crippen LogP contribution in [0.15, 0.2) is 36.4 Å². The van der Waals surface area contributed by atoms with Crippen LogP contribution in [-0.4, -0.2) is 24.9 Å². The summed E-state index contributed by atoms with van der Waals surface area (Å²) in [7, 11) is 0. The maximum atomic E-state index is 12.0. The van der Waals surface area contributed by atoms with E-state index in [9.17, 15) is 9.59 Å². The number of hydrogen-bond acceptors (Lipinski definition) is 2. The molecule has 0 aliphatic rings. The molecule has 25 heavy (non-hydrogen) atoms. The fourth-order valence-corrected chi connectivity index (χ4v) is 2.57. The Bertz CT molecular complexity index is 731. The maximum Gasteiger partial charge on any atom is 0.251 e. The van der Waals surface area contributed by atoms with E-state index in [2.05, 4.69) is 10.6 Å². The summed E-state index contributed by atoms with van der Waals surface area (Å²) in [4.78, 5) is 23.9. The molecule has 0 fully saturated rings. The van der Waals surface area contributed by atoms with Crippen LogP contribution in [0.4, 0.5) is 0 Å². The molecule has 2 rings (SSSR count). The van der Waals surface area contributed by atoms with Gasteiger partial charge in [-0.3, -0.25) is 9.59 Å². The zero-order chi connectivity index (χ0) is 18.4. The minimum atomic E-state index is -0.255. The van der Waals surface area contributed by atoms with Crippen LogP contribution in [-0.2, 0) is 0 Å². The summed E-state index contributed by atoms with van der Waals surface area (Å²) in [6.07, 6.45) is 0.570. The Morgan fingerprint density at radius 1 is 0.680 bits per heavy atom. The van der Waals surface area contributed by atoms with Crippen LogP contribution in [0, 0.1) is 0 Å². The second kappa shape index (κ2) is 9.30. The van der Waals surface area contributed by atoms with Gasteiger partial charge in [0.1, 0.15) is 0 Å². The van der Waals surface area contributed by atoms with Crippen molar-refractivity contribution in [3.8, 4) is 0 Å². The molecule has 2 aromatic rings. The third-order valence-electron chi connectivity index (χ3n) is 3.29. The molecule has 0 aliphatic carbocycles. The largest absolute Gasteiger partial charge is 0.352 e. The lowest BCUT2D eigenvalue weighted by molar-refractivity contribution is 0.0952. The standard InChI is InChI=1S/C17H14Cl4N2O2/c18-12-4-2-10(8-14(12)20)16(24)22-6-1-7-23-17(25)11-3-5-13(19)15(21)9-11/h2-5,8-9H,1,6-7H2,(H,22,24)(H,23,25). The van der Waals surface area contributed by atoms with Gasteiger partial charge in [-0.15, -0.1) is 0 Å². The molecule has 2 N–H and O–H groups in total. The summed E-state index contributed by atoms with van der Waals surface area (Å²) in [5.74, 6) is -0.510. The summed E-state index contributed by atoms with van der Waals surface area (Å²) in [5.41, 5.74) is 0.850. The summed E-state index contributed by atoms with van der Waals surface area (Å²) in [6, 6.07) is 9.33. The van der Waals surface area contributed by atoms with Gasteiger partial charge in [-0.25, -0.2) is 0 Å². The van der Waals surface area contributed by atoms with Crippen LogP contribution >= 0.6 is 46.4 Å². The zero-order valence-corrected chi connectivity index (χ0v) is 15.9. The molecule has 0 bridgehead atoms. The van der Waals surface area contributed by atoms with Crippen LogP contribution in [0.5, 0.6) is 0 Å². The molecule has 0 saturated carbocycles. The summed E-state index contributed by atoms with van der Waals surface area (Å²) >= 11 is 23.4. The van der Waals surface area contributed by atoms with E-state index < -0.39 is 0 Å². The predicted octanol–water partition coefficient (Wildman–Crippen LogP) is 4.85. The van der Waals surface area contributed by atoms with E-state index in [1.54, 1.807) is 24.3 Å². The molecule has 0 unspecified atom stereocenters.